The summed E-state index contributed by atoms with van der Waals surface area (Å²) >= 11 is 5.97. The summed E-state index contributed by atoms with van der Waals surface area (Å²) in [5.41, 5.74) is 2.39. The molecule has 0 spiro atoms. The summed E-state index contributed by atoms with van der Waals surface area (Å²) in [6.07, 6.45) is 1.80. The Hall–Kier alpha value is -2.76. The fourth-order valence-electron chi connectivity index (χ4n) is 4.63. The second-order valence-corrected chi connectivity index (χ2v) is 7.75. The number of para-hydroxylation sites is 1. The van der Waals surface area contributed by atoms with Gasteiger partial charge >= 0.3 is 0 Å². The summed E-state index contributed by atoms with van der Waals surface area (Å²) < 4.78 is 1.43. The Morgan fingerprint density at radius 1 is 0.964 bits per heavy atom. The van der Waals surface area contributed by atoms with Crippen LogP contribution in [0.2, 0.25) is 5.02 Å². The molecule has 142 valence electrons. The average Bonchev–Trinajstić information content (AvgIpc) is 3.35. The van der Waals surface area contributed by atoms with Gasteiger partial charge in [-0.2, -0.15) is 0 Å². The molecule has 2 N–H and O–H groups in total. The molecule has 6 heteroatoms. The van der Waals surface area contributed by atoms with Gasteiger partial charge in [-0.25, -0.2) is 0 Å². The molecule has 5 nitrogen and oxygen atoms in total. The molecule has 2 unspecified atom stereocenters. The van der Waals surface area contributed by atoms with Crippen LogP contribution in [-0.4, -0.2) is 32.0 Å². The third-order valence-corrected chi connectivity index (χ3v) is 6.07. The van der Waals surface area contributed by atoms with E-state index < -0.39 is 6.04 Å². The van der Waals surface area contributed by atoms with Crippen LogP contribution in [0.15, 0.2) is 54.6 Å². The molecule has 1 saturated heterocycles. The minimum atomic E-state index is -0.612. The first-order chi connectivity index (χ1) is 13.6. The Labute approximate surface area is 167 Å². The van der Waals surface area contributed by atoms with E-state index in [0.717, 1.165) is 19.4 Å². The molecular formula is C22H19ClN2O3. The Balaban J connectivity index is 1.67. The van der Waals surface area contributed by atoms with E-state index in [9.17, 15) is 15.0 Å². The van der Waals surface area contributed by atoms with Crippen LogP contribution in [0.4, 0.5) is 0 Å². The molecule has 2 aliphatic rings. The lowest BCUT2D eigenvalue weighted by Crippen LogP contribution is -2.28. The molecule has 0 bridgehead atoms. The van der Waals surface area contributed by atoms with Gasteiger partial charge in [-0.15, -0.1) is 0 Å². The van der Waals surface area contributed by atoms with Crippen molar-refractivity contribution in [2.24, 2.45) is 0 Å². The first-order valence-electron chi connectivity index (χ1n) is 9.35. The molecule has 3 aromatic rings. The van der Waals surface area contributed by atoms with E-state index in [2.05, 4.69) is 4.90 Å². The van der Waals surface area contributed by atoms with Gasteiger partial charge in [-0.3, -0.25) is 14.3 Å². The fraction of sp³-hybridized carbons (Fsp3) is 0.227. The van der Waals surface area contributed by atoms with Crippen LogP contribution >= 0.6 is 11.6 Å². The van der Waals surface area contributed by atoms with Gasteiger partial charge in [0.2, 0.25) is 11.8 Å². The standard InChI is InChI=1S/C22H19ClN2O3/c23-14-10-8-13(9-11-14)20(26)19-18-17(16-7-4-12-24(16)19)21(27)25(22(18)28)15-5-2-1-3-6-15/h1-3,5-6,8-11,16,19,27-28H,4,7,12H2. The van der Waals surface area contributed by atoms with Crippen molar-refractivity contribution in [1.82, 2.24) is 9.47 Å². The zero-order valence-corrected chi connectivity index (χ0v) is 15.8. The van der Waals surface area contributed by atoms with Gasteiger partial charge in [0.05, 0.1) is 5.69 Å². The number of carbonyl (C=O) groups excluding carboxylic acids is 1. The number of halogens is 1. The van der Waals surface area contributed by atoms with Crippen LogP contribution in [0, 0.1) is 0 Å². The van der Waals surface area contributed by atoms with Crippen molar-refractivity contribution in [2.45, 2.75) is 24.9 Å². The number of Topliss-reactive ketones (excluding diaryl/α,β-unsaturated/α-hetero) is 1. The van der Waals surface area contributed by atoms with Crippen molar-refractivity contribution in [1.29, 1.82) is 0 Å². The smallest absolute Gasteiger partial charge is 0.204 e. The highest BCUT2D eigenvalue weighted by Gasteiger charge is 2.50. The van der Waals surface area contributed by atoms with Gasteiger partial charge in [0.25, 0.3) is 0 Å². The van der Waals surface area contributed by atoms with Crippen molar-refractivity contribution >= 4 is 17.4 Å². The zero-order chi connectivity index (χ0) is 19.4. The molecule has 5 rings (SSSR count). The molecule has 28 heavy (non-hydrogen) atoms. The highest BCUT2D eigenvalue weighted by Crippen LogP contribution is 2.57. The molecule has 2 aliphatic heterocycles. The van der Waals surface area contributed by atoms with E-state index in [1.807, 2.05) is 30.3 Å². The molecule has 0 radical (unpaired) electrons. The molecule has 0 aliphatic carbocycles. The predicted octanol–water partition coefficient (Wildman–Crippen LogP) is 4.62. The maximum Gasteiger partial charge on any atom is 0.204 e. The summed E-state index contributed by atoms with van der Waals surface area (Å²) in [5.74, 6) is -0.148. The topological polar surface area (TPSA) is 65.7 Å². The lowest BCUT2D eigenvalue weighted by Gasteiger charge is -2.24. The van der Waals surface area contributed by atoms with Gasteiger partial charge in [0, 0.05) is 27.8 Å². The fourth-order valence-corrected chi connectivity index (χ4v) is 4.76. The summed E-state index contributed by atoms with van der Waals surface area (Å²) in [5, 5.41) is 22.6. The molecule has 2 aromatic carbocycles. The summed E-state index contributed by atoms with van der Waals surface area (Å²) in [6.45, 7) is 0.758. The van der Waals surface area contributed by atoms with Crippen LogP contribution in [0.3, 0.4) is 0 Å². The second-order valence-electron chi connectivity index (χ2n) is 7.32. The van der Waals surface area contributed by atoms with Gasteiger partial charge < -0.3 is 10.2 Å². The summed E-state index contributed by atoms with van der Waals surface area (Å²) in [4.78, 5) is 15.5. The maximum absolute atomic E-state index is 13.4. The van der Waals surface area contributed by atoms with Crippen LogP contribution in [0.5, 0.6) is 11.8 Å². The number of carbonyl (C=O) groups is 1. The number of benzene rings is 2. The number of rotatable bonds is 3. The van der Waals surface area contributed by atoms with Crippen LogP contribution in [0.1, 0.15) is 46.4 Å². The Morgan fingerprint density at radius 2 is 1.64 bits per heavy atom. The van der Waals surface area contributed by atoms with Crippen LogP contribution in [0.25, 0.3) is 5.69 Å². The van der Waals surface area contributed by atoms with Gasteiger partial charge in [0.15, 0.2) is 5.78 Å². The number of ketones is 1. The SMILES string of the molecule is O=C(c1ccc(Cl)cc1)C1c2c(c(O)n(-c3ccccc3)c2O)C2CCCN21. The number of fused-ring (bicyclic) bond motifs is 3. The third-order valence-electron chi connectivity index (χ3n) is 5.82. The van der Waals surface area contributed by atoms with Crippen LogP contribution < -0.4 is 0 Å². The molecule has 0 saturated carbocycles. The van der Waals surface area contributed by atoms with E-state index >= 15 is 0 Å². The highest BCUT2D eigenvalue weighted by atomic mass is 35.5. The molecular weight excluding hydrogens is 376 g/mol. The maximum atomic E-state index is 13.4. The van der Waals surface area contributed by atoms with E-state index in [4.69, 9.17) is 11.6 Å². The van der Waals surface area contributed by atoms with Gasteiger partial charge in [0.1, 0.15) is 6.04 Å². The van der Waals surface area contributed by atoms with Crippen molar-refractivity contribution in [2.75, 3.05) is 6.54 Å². The molecule has 3 heterocycles. The first-order valence-corrected chi connectivity index (χ1v) is 9.73. The Morgan fingerprint density at radius 3 is 2.36 bits per heavy atom. The lowest BCUT2D eigenvalue weighted by atomic mass is 9.97. The lowest BCUT2D eigenvalue weighted by molar-refractivity contribution is 0.0828. The predicted molar refractivity (Wildman–Crippen MR) is 106 cm³/mol. The third kappa shape index (κ3) is 2.40. The number of aromatic nitrogens is 1. The van der Waals surface area contributed by atoms with E-state index in [0.29, 0.717) is 27.4 Å². The van der Waals surface area contributed by atoms with Crippen molar-refractivity contribution in [3.8, 4) is 17.4 Å². The molecule has 1 fully saturated rings. The van der Waals surface area contributed by atoms with Crippen LogP contribution in [-0.2, 0) is 0 Å². The van der Waals surface area contributed by atoms with Crippen molar-refractivity contribution < 1.29 is 15.0 Å². The summed E-state index contributed by atoms with van der Waals surface area (Å²) in [7, 11) is 0. The minimum Gasteiger partial charge on any atom is -0.494 e. The van der Waals surface area contributed by atoms with E-state index in [1.165, 1.54) is 4.57 Å². The molecule has 1 aromatic heterocycles. The molecule has 2 atom stereocenters. The Bertz CT molecular complexity index is 1060. The quantitative estimate of drug-likeness (QED) is 0.636. The molecule has 0 amide bonds. The normalized spacial score (nSPS) is 20.9. The number of nitrogens with zero attached hydrogens (tertiary/aromatic N) is 2. The van der Waals surface area contributed by atoms with Crippen molar-refractivity contribution in [3.05, 3.63) is 76.3 Å². The zero-order valence-electron chi connectivity index (χ0n) is 15.0. The number of aromatic hydroxyl groups is 2. The summed E-state index contributed by atoms with van der Waals surface area (Å²) in [6, 6.07) is 15.3. The second kappa shape index (κ2) is 6.40. The van der Waals surface area contributed by atoms with Crippen molar-refractivity contribution in [3.63, 3.8) is 0 Å². The minimum absolute atomic E-state index is 0.0157. The van der Waals surface area contributed by atoms with E-state index in [1.54, 1.807) is 24.3 Å². The van der Waals surface area contributed by atoms with E-state index in [-0.39, 0.29) is 23.6 Å². The number of hydrogen-bond acceptors (Lipinski definition) is 4. The first kappa shape index (κ1) is 17.3. The van der Waals surface area contributed by atoms with Gasteiger partial charge in [-0.05, 0) is 55.8 Å². The Kier molecular flexibility index (Phi) is 3.96. The highest BCUT2D eigenvalue weighted by molar-refractivity contribution is 6.30. The average molecular weight is 395 g/mol. The largest absolute Gasteiger partial charge is 0.494 e. The monoisotopic (exact) mass is 394 g/mol. The number of hydrogen-bond donors (Lipinski definition) is 2. The van der Waals surface area contributed by atoms with Gasteiger partial charge in [-0.1, -0.05) is 29.8 Å².